The van der Waals surface area contributed by atoms with E-state index in [1.807, 2.05) is 36.4 Å². The molecule has 0 radical (unpaired) electrons. The van der Waals surface area contributed by atoms with E-state index in [4.69, 9.17) is 22.1 Å². The summed E-state index contributed by atoms with van der Waals surface area (Å²) in [4.78, 5) is 2.37. The zero-order valence-corrected chi connectivity index (χ0v) is 12.6. The fraction of sp³-hybridized carbons (Fsp3) is 0.294. The molecule has 1 saturated heterocycles. The van der Waals surface area contributed by atoms with Gasteiger partial charge in [-0.15, -0.1) is 0 Å². The summed E-state index contributed by atoms with van der Waals surface area (Å²) in [5.74, 6) is 1.62. The molecule has 1 heterocycles. The van der Waals surface area contributed by atoms with E-state index in [-0.39, 0.29) is 0 Å². The van der Waals surface area contributed by atoms with Crippen molar-refractivity contribution in [2.24, 2.45) is 5.73 Å². The molecule has 0 amide bonds. The number of nitrogens with zero attached hydrogens (tertiary/aromatic N) is 1. The summed E-state index contributed by atoms with van der Waals surface area (Å²) in [5, 5.41) is 0.709. The molecular formula is C17H19ClN2O. The van der Waals surface area contributed by atoms with Gasteiger partial charge in [-0.2, -0.15) is 0 Å². The van der Waals surface area contributed by atoms with Crippen LogP contribution in [-0.4, -0.2) is 19.1 Å². The predicted octanol–water partition coefficient (Wildman–Crippen LogP) is 4.06. The first kappa shape index (κ1) is 14.2. The molecule has 110 valence electrons. The second-order valence-corrected chi connectivity index (χ2v) is 5.81. The number of benzene rings is 2. The quantitative estimate of drug-likeness (QED) is 0.929. The number of hydrogen-bond acceptors (Lipinski definition) is 3. The Morgan fingerprint density at radius 3 is 2.00 bits per heavy atom. The highest BCUT2D eigenvalue weighted by molar-refractivity contribution is 6.30. The summed E-state index contributed by atoms with van der Waals surface area (Å²) in [5.41, 5.74) is 7.17. The molecule has 3 rings (SSSR count). The van der Waals surface area contributed by atoms with Crippen LogP contribution >= 0.6 is 11.6 Å². The first-order valence-corrected chi connectivity index (χ1v) is 7.62. The third-order valence-electron chi connectivity index (χ3n) is 3.79. The summed E-state index contributed by atoms with van der Waals surface area (Å²) >= 11 is 5.86. The first-order valence-electron chi connectivity index (χ1n) is 7.25. The lowest BCUT2D eigenvalue weighted by Crippen LogP contribution is -2.39. The zero-order valence-electron chi connectivity index (χ0n) is 11.8. The lowest BCUT2D eigenvalue weighted by Gasteiger charge is -2.32. The van der Waals surface area contributed by atoms with Gasteiger partial charge in [-0.1, -0.05) is 11.6 Å². The van der Waals surface area contributed by atoms with Crippen molar-refractivity contribution in [1.29, 1.82) is 0 Å². The smallest absolute Gasteiger partial charge is 0.127 e. The number of halogens is 1. The fourth-order valence-corrected chi connectivity index (χ4v) is 2.65. The predicted molar refractivity (Wildman–Crippen MR) is 87.4 cm³/mol. The second kappa shape index (κ2) is 6.37. The monoisotopic (exact) mass is 302 g/mol. The molecule has 1 aliphatic rings. The third-order valence-corrected chi connectivity index (χ3v) is 4.04. The van der Waals surface area contributed by atoms with Crippen molar-refractivity contribution in [3.8, 4) is 11.5 Å². The molecule has 4 heteroatoms. The Morgan fingerprint density at radius 2 is 1.43 bits per heavy atom. The Bertz CT molecular complexity index is 575. The molecule has 0 unspecified atom stereocenters. The Balaban J connectivity index is 1.65. The highest BCUT2D eigenvalue weighted by Crippen LogP contribution is 2.26. The van der Waals surface area contributed by atoms with Crippen LogP contribution in [0.3, 0.4) is 0 Å². The van der Waals surface area contributed by atoms with E-state index in [9.17, 15) is 0 Å². The van der Waals surface area contributed by atoms with Gasteiger partial charge in [0, 0.05) is 29.8 Å². The van der Waals surface area contributed by atoms with Crippen molar-refractivity contribution in [1.82, 2.24) is 0 Å². The number of piperidine rings is 1. The van der Waals surface area contributed by atoms with Crippen molar-refractivity contribution in [3.63, 3.8) is 0 Å². The van der Waals surface area contributed by atoms with E-state index in [0.717, 1.165) is 37.4 Å². The van der Waals surface area contributed by atoms with Gasteiger partial charge in [0.25, 0.3) is 0 Å². The molecule has 0 aliphatic carbocycles. The molecule has 2 aromatic carbocycles. The number of rotatable bonds is 3. The SMILES string of the molecule is NC1CCN(c2ccc(Oc3ccc(Cl)cc3)cc2)CC1. The highest BCUT2D eigenvalue weighted by atomic mass is 35.5. The highest BCUT2D eigenvalue weighted by Gasteiger charge is 2.16. The molecule has 3 nitrogen and oxygen atoms in total. The maximum Gasteiger partial charge on any atom is 0.127 e. The number of hydrogen-bond donors (Lipinski definition) is 1. The Labute approximate surface area is 130 Å². The van der Waals surface area contributed by atoms with Crippen LogP contribution in [-0.2, 0) is 0 Å². The van der Waals surface area contributed by atoms with Crippen LogP contribution in [0.25, 0.3) is 0 Å². The van der Waals surface area contributed by atoms with Crippen molar-refractivity contribution in [2.45, 2.75) is 18.9 Å². The minimum absolute atomic E-state index is 0.355. The van der Waals surface area contributed by atoms with Gasteiger partial charge in [-0.3, -0.25) is 0 Å². The Kier molecular flexibility index (Phi) is 4.32. The van der Waals surface area contributed by atoms with E-state index in [1.54, 1.807) is 0 Å². The average molecular weight is 303 g/mol. The molecule has 0 saturated carbocycles. The Hall–Kier alpha value is -1.71. The molecule has 2 aromatic rings. The van der Waals surface area contributed by atoms with Crippen LogP contribution in [0, 0.1) is 0 Å². The van der Waals surface area contributed by atoms with Crippen molar-refractivity contribution < 1.29 is 4.74 Å². The number of ether oxygens (including phenoxy) is 1. The lowest BCUT2D eigenvalue weighted by atomic mass is 10.1. The standard InChI is InChI=1S/C17H19ClN2O/c18-13-1-5-16(6-2-13)21-17-7-3-15(4-8-17)20-11-9-14(19)10-12-20/h1-8,14H,9-12,19H2. The maximum atomic E-state index is 5.94. The topological polar surface area (TPSA) is 38.5 Å². The maximum absolute atomic E-state index is 5.94. The largest absolute Gasteiger partial charge is 0.457 e. The molecule has 21 heavy (non-hydrogen) atoms. The zero-order chi connectivity index (χ0) is 14.7. The summed E-state index contributed by atoms with van der Waals surface area (Å²) in [6.45, 7) is 2.05. The van der Waals surface area contributed by atoms with E-state index < -0.39 is 0 Å². The van der Waals surface area contributed by atoms with Crippen LogP contribution in [0.1, 0.15) is 12.8 Å². The van der Waals surface area contributed by atoms with Crippen molar-refractivity contribution in [3.05, 3.63) is 53.6 Å². The van der Waals surface area contributed by atoms with Gasteiger partial charge < -0.3 is 15.4 Å². The van der Waals surface area contributed by atoms with Crippen LogP contribution in [0.5, 0.6) is 11.5 Å². The van der Waals surface area contributed by atoms with Gasteiger partial charge in [0.15, 0.2) is 0 Å². The molecule has 1 fully saturated rings. The summed E-state index contributed by atoms with van der Waals surface area (Å²) in [6, 6.07) is 15.9. The molecule has 0 bridgehead atoms. The summed E-state index contributed by atoms with van der Waals surface area (Å²) in [6.07, 6.45) is 2.12. The van der Waals surface area contributed by atoms with Gasteiger partial charge in [-0.05, 0) is 61.4 Å². The summed E-state index contributed by atoms with van der Waals surface area (Å²) in [7, 11) is 0. The summed E-state index contributed by atoms with van der Waals surface area (Å²) < 4.78 is 5.80. The van der Waals surface area contributed by atoms with Crippen LogP contribution < -0.4 is 15.4 Å². The Morgan fingerprint density at radius 1 is 0.905 bits per heavy atom. The van der Waals surface area contributed by atoms with Crippen LogP contribution in [0.2, 0.25) is 5.02 Å². The molecular weight excluding hydrogens is 284 g/mol. The van der Waals surface area contributed by atoms with E-state index in [2.05, 4.69) is 17.0 Å². The fourth-order valence-electron chi connectivity index (χ4n) is 2.52. The van der Waals surface area contributed by atoms with E-state index in [1.165, 1.54) is 5.69 Å². The van der Waals surface area contributed by atoms with Gasteiger partial charge in [0.2, 0.25) is 0 Å². The van der Waals surface area contributed by atoms with Crippen LogP contribution in [0.4, 0.5) is 5.69 Å². The first-order chi connectivity index (χ1) is 10.2. The van der Waals surface area contributed by atoms with Gasteiger partial charge >= 0.3 is 0 Å². The average Bonchev–Trinajstić information content (AvgIpc) is 2.51. The van der Waals surface area contributed by atoms with E-state index >= 15 is 0 Å². The minimum Gasteiger partial charge on any atom is -0.457 e. The van der Waals surface area contributed by atoms with Crippen molar-refractivity contribution in [2.75, 3.05) is 18.0 Å². The number of anilines is 1. The molecule has 0 spiro atoms. The normalized spacial score (nSPS) is 16.0. The molecule has 1 aliphatic heterocycles. The molecule has 0 aromatic heterocycles. The van der Waals surface area contributed by atoms with Crippen molar-refractivity contribution >= 4 is 17.3 Å². The van der Waals surface area contributed by atoms with Gasteiger partial charge in [-0.25, -0.2) is 0 Å². The second-order valence-electron chi connectivity index (χ2n) is 5.37. The van der Waals surface area contributed by atoms with Crippen LogP contribution in [0.15, 0.2) is 48.5 Å². The van der Waals surface area contributed by atoms with E-state index in [0.29, 0.717) is 11.1 Å². The lowest BCUT2D eigenvalue weighted by molar-refractivity contribution is 0.481. The molecule has 2 N–H and O–H groups in total. The van der Waals surface area contributed by atoms with Gasteiger partial charge in [0.05, 0.1) is 0 Å². The third kappa shape index (κ3) is 3.69. The number of nitrogens with two attached hydrogens (primary N) is 1. The minimum atomic E-state index is 0.355. The van der Waals surface area contributed by atoms with Gasteiger partial charge in [0.1, 0.15) is 11.5 Å². The molecule has 0 atom stereocenters.